The van der Waals surface area contributed by atoms with E-state index in [2.05, 4.69) is 9.97 Å². The molecule has 1 fully saturated rings. The number of aromatic nitrogens is 2. The molecule has 29 heavy (non-hydrogen) atoms. The van der Waals surface area contributed by atoms with Crippen molar-refractivity contribution >= 4 is 15.8 Å². The largest absolute Gasteiger partial charge is 0.493 e. The average Bonchev–Trinajstić information content (AvgIpc) is 2.73. The van der Waals surface area contributed by atoms with E-state index in [4.69, 9.17) is 14.2 Å². The van der Waals surface area contributed by atoms with Crippen LogP contribution >= 0.6 is 0 Å². The van der Waals surface area contributed by atoms with Crippen LogP contribution in [0, 0.1) is 0 Å². The van der Waals surface area contributed by atoms with Gasteiger partial charge in [-0.3, -0.25) is 0 Å². The lowest BCUT2D eigenvalue weighted by Crippen LogP contribution is -2.44. The summed E-state index contributed by atoms with van der Waals surface area (Å²) in [6.45, 7) is 0.664. The van der Waals surface area contributed by atoms with Gasteiger partial charge < -0.3 is 19.1 Å². The second kappa shape index (κ2) is 8.83. The van der Waals surface area contributed by atoms with Crippen molar-refractivity contribution in [2.75, 3.05) is 46.3 Å². The number of hydrogen-bond donors (Lipinski definition) is 0. The Kier molecular flexibility index (Phi) is 6.43. The van der Waals surface area contributed by atoms with Gasteiger partial charge in [-0.05, 0) is 25.0 Å². The van der Waals surface area contributed by atoms with Crippen molar-refractivity contribution in [3.63, 3.8) is 0 Å². The van der Waals surface area contributed by atoms with Gasteiger partial charge in [0.2, 0.25) is 10.0 Å². The third kappa shape index (κ3) is 4.54. The minimum atomic E-state index is -3.70. The number of benzene rings is 1. The van der Waals surface area contributed by atoms with Crippen LogP contribution in [-0.2, 0) is 10.0 Å². The fraction of sp³-hybridized carbons (Fsp3) is 0.474. The van der Waals surface area contributed by atoms with Gasteiger partial charge in [0.15, 0.2) is 17.3 Å². The standard InChI is InChI=1S/C19H26N4O5S/c1-22(2)18-19(21-10-9-20-18)28-14-6-5-11-23(13-14)29(24,25)15-7-8-16(26-3)17(12-15)27-4/h7-10,12,14H,5-6,11,13H2,1-4H3. The molecule has 10 heteroatoms. The van der Waals surface area contributed by atoms with Crippen LogP contribution in [0.25, 0.3) is 0 Å². The quantitative estimate of drug-likeness (QED) is 0.667. The first-order chi connectivity index (χ1) is 13.9. The van der Waals surface area contributed by atoms with Gasteiger partial charge in [-0.25, -0.2) is 18.4 Å². The maximum Gasteiger partial charge on any atom is 0.257 e. The molecule has 9 nitrogen and oxygen atoms in total. The van der Waals surface area contributed by atoms with Gasteiger partial charge >= 0.3 is 0 Å². The molecule has 1 aromatic heterocycles. The molecular weight excluding hydrogens is 396 g/mol. The van der Waals surface area contributed by atoms with Crippen molar-refractivity contribution < 1.29 is 22.6 Å². The van der Waals surface area contributed by atoms with E-state index in [0.29, 0.717) is 36.2 Å². The van der Waals surface area contributed by atoms with Crippen molar-refractivity contribution in [2.24, 2.45) is 0 Å². The highest BCUT2D eigenvalue weighted by Gasteiger charge is 2.32. The molecule has 1 aliphatic heterocycles. The van der Waals surface area contributed by atoms with Gasteiger partial charge in [-0.15, -0.1) is 0 Å². The number of ether oxygens (including phenoxy) is 3. The molecule has 0 bridgehead atoms. The Morgan fingerprint density at radius 1 is 1.10 bits per heavy atom. The zero-order chi connectivity index (χ0) is 21.0. The Morgan fingerprint density at radius 2 is 1.83 bits per heavy atom. The summed E-state index contributed by atoms with van der Waals surface area (Å²) < 4.78 is 44.2. The highest BCUT2D eigenvalue weighted by Crippen LogP contribution is 2.32. The molecular formula is C19H26N4O5S. The van der Waals surface area contributed by atoms with Crippen molar-refractivity contribution in [2.45, 2.75) is 23.8 Å². The highest BCUT2D eigenvalue weighted by atomic mass is 32.2. The third-order valence-corrected chi connectivity index (χ3v) is 6.54. The van der Waals surface area contributed by atoms with E-state index in [1.54, 1.807) is 18.5 Å². The summed E-state index contributed by atoms with van der Waals surface area (Å²) in [5.74, 6) is 1.85. The van der Waals surface area contributed by atoms with Crippen LogP contribution in [-0.4, -0.2) is 70.2 Å². The monoisotopic (exact) mass is 422 g/mol. The average molecular weight is 423 g/mol. The molecule has 0 radical (unpaired) electrons. The molecule has 1 aliphatic rings. The lowest BCUT2D eigenvalue weighted by atomic mass is 10.1. The van der Waals surface area contributed by atoms with Gasteiger partial charge in [0.1, 0.15) is 6.10 Å². The van der Waals surface area contributed by atoms with Crippen LogP contribution in [0.4, 0.5) is 5.82 Å². The first-order valence-electron chi connectivity index (χ1n) is 9.24. The number of methoxy groups -OCH3 is 2. The third-order valence-electron chi connectivity index (χ3n) is 4.68. The second-order valence-electron chi connectivity index (χ2n) is 6.84. The number of anilines is 1. The van der Waals surface area contributed by atoms with Crippen LogP contribution in [0.3, 0.4) is 0 Å². The first-order valence-corrected chi connectivity index (χ1v) is 10.7. The van der Waals surface area contributed by atoms with Crippen molar-refractivity contribution in [3.05, 3.63) is 30.6 Å². The minimum Gasteiger partial charge on any atom is -0.493 e. The Bertz CT molecular complexity index is 951. The number of piperidine rings is 1. The fourth-order valence-corrected chi connectivity index (χ4v) is 4.74. The minimum absolute atomic E-state index is 0.157. The van der Waals surface area contributed by atoms with E-state index in [-0.39, 0.29) is 17.5 Å². The van der Waals surface area contributed by atoms with Crippen LogP contribution in [0.1, 0.15) is 12.8 Å². The van der Waals surface area contributed by atoms with E-state index in [9.17, 15) is 8.42 Å². The molecule has 158 valence electrons. The number of rotatable bonds is 7. The predicted molar refractivity (Wildman–Crippen MR) is 108 cm³/mol. The summed E-state index contributed by atoms with van der Waals surface area (Å²) in [7, 11) is 2.99. The summed E-state index contributed by atoms with van der Waals surface area (Å²) in [4.78, 5) is 10.5. The topological polar surface area (TPSA) is 94.1 Å². The number of hydrogen-bond acceptors (Lipinski definition) is 8. The Hall–Kier alpha value is -2.59. The zero-order valence-electron chi connectivity index (χ0n) is 17.0. The van der Waals surface area contributed by atoms with Crippen molar-refractivity contribution in [1.29, 1.82) is 0 Å². The molecule has 1 unspecified atom stereocenters. The first kappa shape index (κ1) is 21.1. The molecule has 0 spiro atoms. The normalized spacial score (nSPS) is 17.6. The van der Waals surface area contributed by atoms with Gasteiger partial charge in [-0.1, -0.05) is 0 Å². The maximum absolute atomic E-state index is 13.2. The lowest BCUT2D eigenvalue weighted by molar-refractivity contribution is 0.125. The Labute approximate surface area is 171 Å². The van der Waals surface area contributed by atoms with E-state index in [1.165, 1.54) is 30.7 Å². The molecule has 0 saturated carbocycles. The highest BCUT2D eigenvalue weighted by molar-refractivity contribution is 7.89. The van der Waals surface area contributed by atoms with Gasteiger partial charge in [0.05, 0.1) is 25.7 Å². The fourth-order valence-electron chi connectivity index (χ4n) is 3.21. The van der Waals surface area contributed by atoms with Crippen LogP contribution < -0.4 is 19.1 Å². The predicted octanol–water partition coefficient (Wildman–Crippen LogP) is 1.79. The molecule has 0 N–H and O–H groups in total. The lowest BCUT2D eigenvalue weighted by Gasteiger charge is -2.32. The zero-order valence-corrected chi connectivity index (χ0v) is 17.8. The summed E-state index contributed by atoms with van der Waals surface area (Å²) >= 11 is 0. The molecule has 1 atom stereocenters. The van der Waals surface area contributed by atoms with E-state index >= 15 is 0 Å². The number of nitrogens with zero attached hydrogens (tertiary/aromatic N) is 4. The number of sulfonamides is 1. The summed E-state index contributed by atoms with van der Waals surface area (Å²) in [5, 5.41) is 0. The molecule has 2 heterocycles. The van der Waals surface area contributed by atoms with Gasteiger partial charge in [-0.2, -0.15) is 4.31 Å². The second-order valence-corrected chi connectivity index (χ2v) is 8.78. The smallest absolute Gasteiger partial charge is 0.257 e. The van der Waals surface area contributed by atoms with E-state index < -0.39 is 10.0 Å². The Balaban J connectivity index is 1.80. The van der Waals surface area contributed by atoms with Gasteiger partial charge in [0, 0.05) is 39.1 Å². The van der Waals surface area contributed by atoms with E-state index in [0.717, 1.165) is 6.42 Å². The van der Waals surface area contributed by atoms with Crippen molar-refractivity contribution in [1.82, 2.24) is 14.3 Å². The molecule has 2 aromatic rings. The molecule has 3 rings (SSSR count). The summed E-state index contributed by atoms with van der Waals surface area (Å²) in [6, 6.07) is 4.59. The Morgan fingerprint density at radius 3 is 2.52 bits per heavy atom. The molecule has 1 aromatic carbocycles. The van der Waals surface area contributed by atoms with Crippen LogP contribution in [0.5, 0.6) is 17.4 Å². The van der Waals surface area contributed by atoms with Crippen LogP contribution in [0.15, 0.2) is 35.5 Å². The van der Waals surface area contributed by atoms with Crippen LogP contribution in [0.2, 0.25) is 0 Å². The van der Waals surface area contributed by atoms with Gasteiger partial charge in [0.25, 0.3) is 5.88 Å². The molecule has 1 saturated heterocycles. The summed E-state index contributed by atoms with van der Waals surface area (Å²) in [6.07, 6.45) is 4.27. The molecule has 0 aliphatic carbocycles. The summed E-state index contributed by atoms with van der Waals surface area (Å²) in [5.41, 5.74) is 0. The van der Waals surface area contributed by atoms with E-state index in [1.807, 2.05) is 19.0 Å². The molecule has 0 amide bonds. The maximum atomic E-state index is 13.2. The SMILES string of the molecule is COc1ccc(S(=O)(=O)N2CCCC(Oc3nccnc3N(C)C)C2)cc1OC. The van der Waals surface area contributed by atoms with Crippen molar-refractivity contribution in [3.8, 4) is 17.4 Å².